The summed E-state index contributed by atoms with van der Waals surface area (Å²) >= 11 is 12.9. The molecule has 0 unspecified atom stereocenters. The number of nitriles is 1. The number of hydrogen-bond donors (Lipinski definition) is 0. The molecule has 1 fully saturated rings. The molecule has 0 radical (unpaired) electrons. The van der Waals surface area contributed by atoms with Gasteiger partial charge in [-0.2, -0.15) is 5.26 Å². The van der Waals surface area contributed by atoms with Gasteiger partial charge in [0.25, 0.3) is 11.1 Å². The van der Waals surface area contributed by atoms with Crippen LogP contribution in [0.2, 0.25) is 10.0 Å². The van der Waals surface area contributed by atoms with E-state index in [2.05, 4.69) is 0 Å². The Kier molecular flexibility index (Phi) is 7.27. The predicted octanol–water partition coefficient (Wildman–Crippen LogP) is 5.53. The van der Waals surface area contributed by atoms with Crippen molar-refractivity contribution in [3.05, 3.63) is 62.5 Å². The van der Waals surface area contributed by atoms with Gasteiger partial charge in [-0.05, 0) is 60.2 Å². The number of benzene rings is 2. The van der Waals surface area contributed by atoms with E-state index in [0.29, 0.717) is 44.2 Å². The molecular formula is C21H16Cl2N2O4S. The number of carbonyl (C=O) groups is 2. The fourth-order valence-corrected chi connectivity index (χ4v) is 4.03. The summed E-state index contributed by atoms with van der Waals surface area (Å²) < 4.78 is 10.9. The number of ether oxygens (including phenoxy) is 2. The number of rotatable bonds is 7. The lowest BCUT2D eigenvalue weighted by atomic mass is 10.1. The van der Waals surface area contributed by atoms with Crippen molar-refractivity contribution in [1.29, 1.82) is 5.26 Å². The van der Waals surface area contributed by atoms with Crippen LogP contribution >= 0.6 is 35.0 Å². The molecule has 3 rings (SSSR count). The lowest BCUT2D eigenvalue weighted by molar-refractivity contribution is -0.123. The Bertz CT molecular complexity index is 1070. The van der Waals surface area contributed by atoms with Crippen molar-refractivity contribution in [3.8, 4) is 17.6 Å². The molecule has 6 nitrogen and oxygen atoms in total. The molecule has 2 aromatic rings. The lowest BCUT2D eigenvalue weighted by Crippen LogP contribution is -2.27. The van der Waals surface area contributed by atoms with E-state index >= 15 is 0 Å². The second kappa shape index (κ2) is 9.90. The first-order valence-corrected chi connectivity index (χ1v) is 10.5. The number of thioether (sulfide) groups is 1. The smallest absolute Gasteiger partial charge is 0.293 e. The van der Waals surface area contributed by atoms with Crippen molar-refractivity contribution in [2.75, 3.05) is 13.2 Å². The van der Waals surface area contributed by atoms with E-state index < -0.39 is 5.91 Å². The van der Waals surface area contributed by atoms with Gasteiger partial charge in [0.15, 0.2) is 18.1 Å². The van der Waals surface area contributed by atoms with Gasteiger partial charge in [-0.15, -0.1) is 0 Å². The Labute approximate surface area is 188 Å². The van der Waals surface area contributed by atoms with Crippen LogP contribution in [0.1, 0.15) is 18.1 Å². The van der Waals surface area contributed by atoms with Gasteiger partial charge in [0.1, 0.15) is 6.07 Å². The van der Waals surface area contributed by atoms with Crippen molar-refractivity contribution in [1.82, 2.24) is 4.90 Å². The maximum absolute atomic E-state index is 12.8. The highest BCUT2D eigenvalue weighted by atomic mass is 35.5. The fraction of sp³-hybridized carbons (Fsp3) is 0.190. The molecule has 0 atom stereocenters. The molecule has 0 saturated carbocycles. The number of imide groups is 1. The Morgan fingerprint density at radius 2 is 1.93 bits per heavy atom. The first-order valence-electron chi connectivity index (χ1n) is 8.88. The zero-order valence-corrected chi connectivity index (χ0v) is 18.2. The Hall–Kier alpha value is -2.66. The number of amides is 2. The van der Waals surface area contributed by atoms with Crippen LogP contribution in [0.4, 0.5) is 4.79 Å². The second-order valence-electron chi connectivity index (χ2n) is 6.09. The summed E-state index contributed by atoms with van der Waals surface area (Å²) in [4.78, 5) is 26.6. The largest absolute Gasteiger partial charge is 0.490 e. The van der Waals surface area contributed by atoms with Gasteiger partial charge in [-0.3, -0.25) is 14.5 Å². The molecule has 0 aromatic heterocycles. The molecular weight excluding hydrogens is 447 g/mol. The van der Waals surface area contributed by atoms with Crippen LogP contribution in [0.5, 0.6) is 11.5 Å². The molecule has 1 heterocycles. The first kappa shape index (κ1) is 22.0. The fourth-order valence-electron chi connectivity index (χ4n) is 2.72. The number of nitrogens with zero attached hydrogens (tertiary/aromatic N) is 2. The monoisotopic (exact) mass is 462 g/mol. The minimum absolute atomic E-state index is 0.0587. The maximum atomic E-state index is 12.8. The van der Waals surface area contributed by atoms with Gasteiger partial charge in [-0.1, -0.05) is 35.3 Å². The average molecular weight is 463 g/mol. The van der Waals surface area contributed by atoms with Crippen LogP contribution in [-0.2, 0) is 11.3 Å². The average Bonchev–Trinajstić information content (AvgIpc) is 2.97. The topological polar surface area (TPSA) is 79.6 Å². The number of halogens is 2. The summed E-state index contributed by atoms with van der Waals surface area (Å²) in [7, 11) is 0. The highest BCUT2D eigenvalue weighted by molar-refractivity contribution is 8.18. The minimum Gasteiger partial charge on any atom is -0.490 e. The summed E-state index contributed by atoms with van der Waals surface area (Å²) in [6.45, 7) is 2.19. The standard InChI is InChI=1S/C21H16Cl2N2O4S/c1-2-28-18-9-13(3-6-17(18)29-8-7-24)10-19-20(26)25(21(27)30-19)12-14-4-5-15(22)11-16(14)23/h3-6,9-11H,2,8,12H2,1H3/b19-10-. The third kappa shape index (κ3) is 5.08. The number of carbonyl (C=O) groups excluding carboxylic acids is 2. The van der Waals surface area contributed by atoms with E-state index in [0.717, 1.165) is 16.7 Å². The van der Waals surface area contributed by atoms with Gasteiger partial charge in [0.2, 0.25) is 0 Å². The van der Waals surface area contributed by atoms with E-state index in [-0.39, 0.29) is 18.4 Å². The molecule has 2 aromatic carbocycles. The van der Waals surface area contributed by atoms with E-state index in [1.807, 2.05) is 13.0 Å². The molecule has 1 aliphatic heterocycles. The summed E-state index contributed by atoms with van der Waals surface area (Å²) in [6.07, 6.45) is 1.62. The van der Waals surface area contributed by atoms with Crippen LogP contribution in [0, 0.1) is 11.3 Å². The lowest BCUT2D eigenvalue weighted by Gasteiger charge is -2.13. The number of hydrogen-bond acceptors (Lipinski definition) is 6. The maximum Gasteiger partial charge on any atom is 0.293 e. The molecule has 0 spiro atoms. The van der Waals surface area contributed by atoms with E-state index in [4.69, 9.17) is 37.9 Å². The van der Waals surface area contributed by atoms with Gasteiger partial charge in [0, 0.05) is 10.0 Å². The van der Waals surface area contributed by atoms with Gasteiger partial charge < -0.3 is 9.47 Å². The van der Waals surface area contributed by atoms with Crippen molar-refractivity contribution in [2.45, 2.75) is 13.5 Å². The van der Waals surface area contributed by atoms with Crippen molar-refractivity contribution >= 4 is 52.2 Å². The van der Waals surface area contributed by atoms with Crippen molar-refractivity contribution in [3.63, 3.8) is 0 Å². The zero-order valence-electron chi connectivity index (χ0n) is 15.9. The summed E-state index contributed by atoms with van der Waals surface area (Å²) in [5, 5.41) is 9.18. The predicted molar refractivity (Wildman–Crippen MR) is 117 cm³/mol. The van der Waals surface area contributed by atoms with Crippen LogP contribution in [0.15, 0.2) is 41.3 Å². The highest BCUT2D eigenvalue weighted by Crippen LogP contribution is 2.36. The summed E-state index contributed by atoms with van der Waals surface area (Å²) in [6, 6.07) is 11.9. The van der Waals surface area contributed by atoms with Gasteiger partial charge in [0.05, 0.1) is 18.1 Å². The zero-order chi connectivity index (χ0) is 21.7. The minimum atomic E-state index is -0.404. The molecule has 9 heteroatoms. The molecule has 1 aliphatic rings. The highest BCUT2D eigenvalue weighted by Gasteiger charge is 2.35. The van der Waals surface area contributed by atoms with Crippen LogP contribution in [0.3, 0.4) is 0 Å². The Morgan fingerprint density at radius 1 is 1.13 bits per heavy atom. The second-order valence-corrected chi connectivity index (χ2v) is 7.93. The van der Waals surface area contributed by atoms with Crippen LogP contribution in [-0.4, -0.2) is 29.3 Å². The summed E-state index contributed by atoms with van der Waals surface area (Å²) in [5.41, 5.74) is 1.29. The molecule has 0 aliphatic carbocycles. The normalized spacial score (nSPS) is 14.9. The van der Waals surface area contributed by atoms with Crippen molar-refractivity contribution in [2.24, 2.45) is 0 Å². The van der Waals surface area contributed by atoms with Crippen LogP contribution < -0.4 is 9.47 Å². The van der Waals surface area contributed by atoms with E-state index in [1.54, 1.807) is 42.5 Å². The Morgan fingerprint density at radius 3 is 2.63 bits per heavy atom. The molecule has 1 saturated heterocycles. The SMILES string of the molecule is CCOc1cc(/C=C2\SC(=O)N(Cc3ccc(Cl)cc3Cl)C2=O)ccc1OCC#N. The van der Waals surface area contributed by atoms with Gasteiger partial charge >= 0.3 is 0 Å². The van der Waals surface area contributed by atoms with Crippen LogP contribution in [0.25, 0.3) is 6.08 Å². The Balaban J connectivity index is 1.82. The van der Waals surface area contributed by atoms with Gasteiger partial charge in [-0.25, -0.2) is 0 Å². The van der Waals surface area contributed by atoms with E-state index in [9.17, 15) is 9.59 Å². The molecule has 0 bridgehead atoms. The molecule has 154 valence electrons. The summed E-state index contributed by atoms with van der Waals surface area (Å²) in [5.74, 6) is 0.480. The quantitative estimate of drug-likeness (QED) is 0.503. The molecule has 2 amide bonds. The van der Waals surface area contributed by atoms with Crippen molar-refractivity contribution < 1.29 is 19.1 Å². The molecule has 0 N–H and O–H groups in total. The third-order valence-electron chi connectivity index (χ3n) is 4.07. The van der Waals surface area contributed by atoms with E-state index in [1.165, 1.54) is 0 Å². The molecule has 30 heavy (non-hydrogen) atoms. The third-order valence-corrected chi connectivity index (χ3v) is 5.57. The first-order chi connectivity index (χ1) is 14.4.